The molecule has 6 nitrogen and oxygen atoms in total. The summed E-state index contributed by atoms with van der Waals surface area (Å²) in [6, 6.07) is 12.7. The number of carbonyl (C=O) groups excluding carboxylic acids is 2. The van der Waals surface area contributed by atoms with Gasteiger partial charge in [0.2, 0.25) is 0 Å². The van der Waals surface area contributed by atoms with Crippen LogP contribution < -0.4 is 20.3 Å². The number of ether oxygens (including phenoxy) is 1. The van der Waals surface area contributed by atoms with Gasteiger partial charge in [-0.15, -0.1) is 0 Å². The number of benzene rings is 2. The second kappa shape index (κ2) is 9.45. The van der Waals surface area contributed by atoms with E-state index in [2.05, 4.69) is 10.6 Å². The molecule has 1 aliphatic carbocycles. The Balaban J connectivity index is 1.82. The van der Waals surface area contributed by atoms with E-state index in [-0.39, 0.29) is 17.9 Å². The van der Waals surface area contributed by atoms with Crippen molar-refractivity contribution in [1.82, 2.24) is 5.32 Å². The minimum absolute atomic E-state index is 0.103. The van der Waals surface area contributed by atoms with E-state index < -0.39 is 0 Å². The number of carbonyl (C=O) groups is 2. The molecule has 3 rings (SSSR count). The topological polar surface area (TPSA) is 70.7 Å². The molecule has 1 aliphatic rings. The van der Waals surface area contributed by atoms with Crippen molar-refractivity contribution in [2.75, 3.05) is 31.4 Å². The van der Waals surface area contributed by atoms with Crippen molar-refractivity contribution in [1.29, 1.82) is 0 Å². The molecule has 0 unspecified atom stereocenters. The zero-order valence-electron chi connectivity index (χ0n) is 17.3. The molecule has 0 radical (unpaired) electrons. The first-order chi connectivity index (χ1) is 14.0. The van der Waals surface area contributed by atoms with Crippen molar-refractivity contribution in [3.63, 3.8) is 0 Å². The fraction of sp³-hybridized carbons (Fsp3) is 0.391. The molecular formula is C23H29N3O3. The summed E-state index contributed by atoms with van der Waals surface area (Å²) in [6.07, 6.45) is 5.58. The zero-order chi connectivity index (χ0) is 20.8. The van der Waals surface area contributed by atoms with Crippen LogP contribution in [0, 0.1) is 0 Å². The minimum atomic E-state index is -0.279. The highest BCUT2D eigenvalue weighted by molar-refractivity contribution is 6.07. The van der Waals surface area contributed by atoms with Gasteiger partial charge in [0.15, 0.2) is 0 Å². The molecule has 2 N–H and O–H groups in total. The van der Waals surface area contributed by atoms with E-state index >= 15 is 0 Å². The molecule has 2 amide bonds. The molecule has 2 aromatic carbocycles. The van der Waals surface area contributed by atoms with Gasteiger partial charge < -0.3 is 20.3 Å². The molecule has 29 heavy (non-hydrogen) atoms. The fourth-order valence-corrected chi connectivity index (χ4v) is 3.73. The zero-order valence-corrected chi connectivity index (χ0v) is 17.3. The van der Waals surface area contributed by atoms with Gasteiger partial charge in [-0.1, -0.05) is 31.4 Å². The summed E-state index contributed by atoms with van der Waals surface area (Å²) in [5.41, 5.74) is 2.38. The van der Waals surface area contributed by atoms with E-state index in [0.717, 1.165) is 31.4 Å². The molecular weight excluding hydrogens is 366 g/mol. The van der Waals surface area contributed by atoms with Crippen molar-refractivity contribution < 1.29 is 14.3 Å². The quantitative estimate of drug-likeness (QED) is 0.773. The van der Waals surface area contributed by atoms with Crippen molar-refractivity contribution in [2.45, 2.75) is 38.1 Å². The normalized spacial score (nSPS) is 14.2. The number of hydrogen-bond donors (Lipinski definition) is 2. The third-order valence-corrected chi connectivity index (χ3v) is 5.27. The summed E-state index contributed by atoms with van der Waals surface area (Å²) in [6.45, 7) is 0. The third-order valence-electron chi connectivity index (χ3n) is 5.27. The lowest BCUT2D eigenvalue weighted by Crippen LogP contribution is -2.36. The van der Waals surface area contributed by atoms with Crippen LogP contribution in [0.5, 0.6) is 5.75 Å². The number of hydrogen-bond acceptors (Lipinski definition) is 4. The molecule has 0 aromatic heterocycles. The van der Waals surface area contributed by atoms with Crippen LogP contribution in [0.1, 0.15) is 52.8 Å². The Morgan fingerprint density at radius 1 is 0.966 bits per heavy atom. The Morgan fingerprint density at radius 3 is 2.38 bits per heavy atom. The number of nitrogens with zero attached hydrogens (tertiary/aromatic N) is 1. The van der Waals surface area contributed by atoms with Crippen LogP contribution in [0.4, 0.5) is 11.4 Å². The lowest BCUT2D eigenvalue weighted by Gasteiger charge is -2.24. The number of methoxy groups -OCH3 is 1. The highest BCUT2D eigenvalue weighted by atomic mass is 16.5. The Bertz CT molecular complexity index is 873. The summed E-state index contributed by atoms with van der Waals surface area (Å²) < 4.78 is 5.27. The Labute approximate surface area is 172 Å². The molecule has 0 heterocycles. The number of rotatable bonds is 6. The molecule has 0 spiro atoms. The molecule has 1 saturated carbocycles. The highest BCUT2D eigenvalue weighted by Crippen LogP contribution is 2.26. The third kappa shape index (κ3) is 5.08. The van der Waals surface area contributed by atoms with Gasteiger partial charge in [-0.05, 0) is 43.2 Å². The predicted molar refractivity (Wildman–Crippen MR) is 116 cm³/mol. The molecule has 154 valence electrons. The van der Waals surface area contributed by atoms with E-state index in [9.17, 15) is 9.59 Å². The van der Waals surface area contributed by atoms with Crippen molar-refractivity contribution >= 4 is 23.2 Å². The lowest BCUT2D eigenvalue weighted by molar-refractivity contribution is 0.0927. The van der Waals surface area contributed by atoms with E-state index in [1.807, 2.05) is 31.1 Å². The van der Waals surface area contributed by atoms with Crippen LogP contribution >= 0.6 is 0 Å². The minimum Gasteiger partial charge on any atom is -0.496 e. The van der Waals surface area contributed by atoms with E-state index in [1.165, 1.54) is 13.5 Å². The number of nitrogens with one attached hydrogen (secondary N) is 2. The van der Waals surface area contributed by atoms with E-state index in [4.69, 9.17) is 4.74 Å². The SMILES string of the molecule is COc1ccccc1C(=O)Nc1ccc(N(C)C)c(C(=O)NC2CCCCC2)c1. The van der Waals surface area contributed by atoms with Gasteiger partial charge in [0.05, 0.1) is 18.2 Å². The van der Waals surface area contributed by atoms with Gasteiger partial charge >= 0.3 is 0 Å². The lowest BCUT2D eigenvalue weighted by atomic mass is 9.95. The molecule has 0 atom stereocenters. The second-order valence-electron chi connectivity index (χ2n) is 7.59. The first-order valence-corrected chi connectivity index (χ1v) is 10.1. The summed E-state index contributed by atoms with van der Waals surface area (Å²) in [5, 5.41) is 6.04. The largest absolute Gasteiger partial charge is 0.496 e. The van der Waals surface area contributed by atoms with Crippen LogP contribution in [-0.4, -0.2) is 39.1 Å². The highest BCUT2D eigenvalue weighted by Gasteiger charge is 2.20. The monoisotopic (exact) mass is 395 g/mol. The summed E-state index contributed by atoms with van der Waals surface area (Å²) in [4.78, 5) is 27.6. The van der Waals surface area contributed by atoms with Crippen LogP contribution in [0.15, 0.2) is 42.5 Å². The van der Waals surface area contributed by atoms with Gasteiger partial charge in [0.1, 0.15) is 5.75 Å². The summed E-state index contributed by atoms with van der Waals surface area (Å²) in [5.74, 6) is 0.123. The maximum Gasteiger partial charge on any atom is 0.259 e. The van der Waals surface area contributed by atoms with E-state index in [1.54, 1.807) is 30.3 Å². The van der Waals surface area contributed by atoms with Crippen LogP contribution in [0.2, 0.25) is 0 Å². The number of para-hydroxylation sites is 1. The average molecular weight is 396 g/mol. The first-order valence-electron chi connectivity index (χ1n) is 10.1. The summed E-state index contributed by atoms with van der Waals surface area (Å²) in [7, 11) is 5.34. The number of amides is 2. The van der Waals surface area contributed by atoms with Crippen molar-refractivity contribution in [3.05, 3.63) is 53.6 Å². The van der Waals surface area contributed by atoms with Crippen LogP contribution in [0.3, 0.4) is 0 Å². The van der Waals surface area contributed by atoms with Gasteiger partial charge in [0, 0.05) is 31.5 Å². The standard InChI is InChI=1S/C23H29N3O3/c1-26(2)20-14-13-17(25-22(27)18-11-7-8-12-21(18)29-3)15-19(20)23(28)24-16-9-5-4-6-10-16/h7-8,11-16H,4-6,9-10H2,1-3H3,(H,24,28)(H,25,27). The average Bonchev–Trinajstić information content (AvgIpc) is 2.74. The molecule has 0 saturated heterocycles. The van der Waals surface area contributed by atoms with Gasteiger partial charge in [-0.3, -0.25) is 9.59 Å². The maximum atomic E-state index is 13.0. The van der Waals surface area contributed by atoms with E-state index in [0.29, 0.717) is 22.6 Å². The molecule has 1 fully saturated rings. The van der Waals surface area contributed by atoms with Gasteiger partial charge in [-0.25, -0.2) is 0 Å². The Morgan fingerprint density at radius 2 is 1.69 bits per heavy atom. The van der Waals surface area contributed by atoms with Crippen molar-refractivity contribution in [2.24, 2.45) is 0 Å². The van der Waals surface area contributed by atoms with Gasteiger partial charge in [-0.2, -0.15) is 0 Å². The Kier molecular flexibility index (Phi) is 6.75. The molecule has 0 aliphatic heterocycles. The predicted octanol–water partition coefficient (Wildman–Crippen LogP) is 4.08. The van der Waals surface area contributed by atoms with Crippen LogP contribution in [0.25, 0.3) is 0 Å². The summed E-state index contributed by atoms with van der Waals surface area (Å²) >= 11 is 0. The number of anilines is 2. The second-order valence-corrected chi connectivity index (χ2v) is 7.59. The molecule has 0 bridgehead atoms. The fourth-order valence-electron chi connectivity index (χ4n) is 3.73. The van der Waals surface area contributed by atoms with Crippen LogP contribution in [-0.2, 0) is 0 Å². The van der Waals surface area contributed by atoms with Crippen molar-refractivity contribution in [3.8, 4) is 5.75 Å². The first kappa shape index (κ1) is 20.7. The molecule has 2 aromatic rings. The maximum absolute atomic E-state index is 13.0. The Hall–Kier alpha value is -3.02. The molecule has 6 heteroatoms. The van der Waals surface area contributed by atoms with Gasteiger partial charge in [0.25, 0.3) is 11.8 Å². The smallest absolute Gasteiger partial charge is 0.259 e.